The number of amidine groups is 1. The number of carboxylic acid groups (broad SMARTS) is 1. The van der Waals surface area contributed by atoms with Gasteiger partial charge in [0.15, 0.2) is 5.17 Å². The zero-order valence-electron chi connectivity index (χ0n) is 16.6. The highest BCUT2D eigenvalue weighted by Crippen LogP contribution is 2.24. The Morgan fingerprint density at radius 2 is 1.81 bits per heavy atom. The van der Waals surface area contributed by atoms with E-state index in [1.807, 2.05) is 30.3 Å². The van der Waals surface area contributed by atoms with Crippen molar-refractivity contribution in [3.05, 3.63) is 77.9 Å². The van der Waals surface area contributed by atoms with Gasteiger partial charge in [0.1, 0.15) is 5.75 Å². The second-order valence-corrected chi connectivity index (χ2v) is 7.97. The van der Waals surface area contributed by atoms with Crippen molar-refractivity contribution >= 4 is 51.8 Å². The van der Waals surface area contributed by atoms with E-state index in [0.29, 0.717) is 16.9 Å². The molecule has 0 bridgehead atoms. The van der Waals surface area contributed by atoms with Crippen LogP contribution in [0.5, 0.6) is 5.75 Å². The molecule has 9 heteroatoms. The summed E-state index contributed by atoms with van der Waals surface area (Å²) < 4.78 is 5.61. The standard InChI is InChI=1S/C23H17N3O5S/c27-20(28)12-19-21(29)25-23(32-19)26-24-13-15-7-2-4-11-18(15)31-22(30)17-10-5-8-14-6-1-3-9-16(14)17/h1-11,13,19H,12H2,(H,27,28)(H,25,26,29)/p-1/b24-13-/t19-/m0/s1. The quantitative estimate of drug-likeness (QED) is 0.268. The lowest BCUT2D eigenvalue weighted by atomic mass is 10.0. The number of hydrogen-bond acceptors (Lipinski definition) is 8. The Hall–Kier alpha value is -3.98. The van der Waals surface area contributed by atoms with Gasteiger partial charge in [-0.25, -0.2) is 4.79 Å². The highest BCUT2D eigenvalue weighted by molar-refractivity contribution is 8.15. The smallest absolute Gasteiger partial charge is 0.344 e. The number of nitrogens with one attached hydrogen (secondary N) is 1. The molecule has 0 aromatic heterocycles. The lowest BCUT2D eigenvalue weighted by Crippen LogP contribution is -2.31. The van der Waals surface area contributed by atoms with E-state index in [2.05, 4.69) is 15.5 Å². The molecule has 1 aliphatic heterocycles. The fraction of sp³-hybridized carbons (Fsp3) is 0.0870. The van der Waals surface area contributed by atoms with Gasteiger partial charge in [0.05, 0.1) is 17.0 Å². The number of carbonyl (C=O) groups excluding carboxylic acids is 3. The predicted molar refractivity (Wildman–Crippen MR) is 120 cm³/mol. The molecule has 1 heterocycles. The fourth-order valence-corrected chi connectivity index (χ4v) is 4.03. The monoisotopic (exact) mass is 446 g/mol. The van der Waals surface area contributed by atoms with E-state index in [9.17, 15) is 19.5 Å². The zero-order chi connectivity index (χ0) is 22.5. The van der Waals surface area contributed by atoms with E-state index >= 15 is 0 Å². The summed E-state index contributed by atoms with van der Waals surface area (Å²) in [6.45, 7) is 0. The van der Waals surface area contributed by atoms with Gasteiger partial charge in [-0.15, -0.1) is 5.10 Å². The number of carboxylic acids is 1. The van der Waals surface area contributed by atoms with Crippen LogP contribution < -0.4 is 15.2 Å². The van der Waals surface area contributed by atoms with Crippen LogP contribution in [0.15, 0.2) is 76.9 Å². The first-order chi connectivity index (χ1) is 15.5. The number of aliphatic carboxylic acids is 1. The van der Waals surface area contributed by atoms with Gasteiger partial charge in [0, 0.05) is 18.0 Å². The number of para-hydroxylation sites is 1. The zero-order valence-corrected chi connectivity index (χ0v) is 17.4. The number of fused-ring (bicyclic) bond motifs is 1. The summed E-state index contributed by atoms with van der Waals surface area (Å²) in [7, 11) is 0. The minimum absolute atomic E-state index is 0.183. The van der Waals surface area contributed by atoms with Crippen molar-refractivity contribution in [3.63, 3.8) is 0 Å². The van der Waals surface area contributed by atoms with Gasteiger partial charge in [0.2, 0.25) is 5.91 Å². The molecule has 3 aromatic rings. The molecule has 1 aliphatic rings. The number of esters is 1. The van der Waals surface area contributed by atoms with Crippen LogP contribution in [0.25, 0.3) is 10.8 Å². The van der Waals surface area contributed by atoms with Crippen molar-refractivity contribution in [2.24, 2.45) is 10.2 Å². The second-order valence-electron chi connectivity index (χ2n) is 6.78. The van der Waals surface area contributed by atoms with Crippen molar-refractivity contribution in [1.82, 2.24) is 5.32 Å². The SMILES string of the molecule is O=C([O-])C[C@@H]1S/C(=N\N=C/c2ccccc2OC(=O)c2cccc3ccccc23)NC1=O. The van der Waals surface area contributed by atoms with Crippen LogP contribution in [0, 0.1) is 0 Å². The summed E-state index contributed by atoms with van der Waals surface area (Å²) in [6, 6.07) is 19.8. The van der Waals surface area contributed by atoms with Crippen LogP contribution in [0.4, 0.5) is 0 Å². The van der Waals surface area contributed by atoms with Crippen LogP contribution in [0.3, 0.4) is 0 Å². The fourth-order valence-electron chi connectivity index (χ4n) is 3.12. The number of carbonyl (C=O) groups is 3. The van der Waals surface area contributed by atoms with Gasteiger partial charge in [-0.05, 0) is 29.0 Å². The molecule has 8 nitrogen and oxygen atoms in total. The molecule has 0 saturated carbocycles. The van der Waals surface area contributed by atoms with Crippen LogP contribution >= 0.6 is 11.8 Å². The highest BCUT2D eigenvalue weighted by Gasteiger charge is 2.30. The summed E-state index contributed by atoms with van der Waals surface area (Å²) in [4.78, 5) is 35.3. The second kappa shape index (κ2) is 9.44. The van der Waals surface area contributed by atoms with E-state index in [-0.39, 0.29) is 5.17 Å². The summed E-state index contributed by atoms with van der Waals surface area (Å²) in [5, 5.41) is 22.1. The largest absolute Gasteiger partial charge is 0.550 e. The number of benzene rings is 3. The Morgan fingerprint density at radius 3 is 2.66 bits per heavy atom. The van der Waals surface area contributed by atoms with E-state index < -0.39 is 29.5 Å². The Kier molecular flexibility index (Phi) is 6.27. The van der Waals surface area contributed by atoms with Gasteiger partial charge < -0.3 is 20.0 Å². The molecule has 0 spiro atoms. The predicted octanol–water partition coefficient (Wildman–Crippen LogP) is 2.12. The summed E-state index contributed by atoms with van der Waals surface area (Å²) in [5.74, 6) is -1.98. The molecule has 3 aromatic carbocycles. The molecular formula is C23H16N3O5S-. The third-order valence-corrected chi connectivity index (χ3v) is 5.68. The van der Waals surface area contributed by atoms with Crippen molar-refractivity contribution in [1.29, 1.82) is 0 Å². The molecule has 0 aliphatic carbocycles. The van der Waals surface area contributed by atoms with Gasteiger partial charge in [-0.3, -0.25) is 4.79 Å². The summed E-state index contributed by atoms with van der Waals surface area (Å²) >= 11 is 0.965. The molecule has 1 amide bonds. The van der Waals surface area contributed by atoms with Crippen LogP contribution in [-0.4, -0.2) is 34.5 Å². The topological polar surface area (TPSA) is 120 Å². The van der Waals surface area contributed by atoms with E-state index in [0.717, 1.165) is 22.5 Å². The Morgan fingerprint density at radius 1 is 1.06 bits per heavy atom. The first-order valence-corrected chi connectivity index (χ1v) is 10.5. The number of hydrogen-bond donors (Lipinski definition) is 1. The number of amides is 1. The molecule has 1 N–H and O–H groups in total. The van der Waals surface area contributed by atoms with Gasteiger partial charge in [-0.2, -0.15) is 5.10 Å². The Bertz CT molecular complexity index is 1270. The average molecular weight is 446 g/mol. The number of ether oxygens (including phenoxy) is 1. The average Bonchev–Trinajstić information content (AvgIpc) is 3.12. The van der Waals surface area contributed by atoms with Crippen LogP contribution in [0.2, 0.25) is 0 Å². The molecule has 0 unspecified atom stereocenters. The number of thioether (sulfide) groups is 1. The molecule has 1 saturated heterocycles. The number of rotatable bonds is 6. The maximum absolute atomic E-state index is 12.8. The molecular weight excluding hydrogens is 430 g/mol. The maximum atomic E-state index is 12.8. The highest BCUT2D eigenvalue weighted by atomic mass is 32.2. The molecule has 160 valence electrons. The van der Waals surface area contributed by atoms with Crippen molar-refractivity contribution < 1.29 is 24.2 Å². The normalized spacial score (nSPS) is 17.1. The molecule has 0 radical (unpaired) electrons. The van der Waals surface area contributed by atoms with Gasteiger partial charge in [0.25, 0.3) is 0 Å². The summed E-state index contributed by atoms with van der Waals surface area (Å²) in [6.07, 6.45) is 0.976. The molecule has 32 heavy (non-hydrogen) atoms. The third-order valence-electron chi connectivity index (χ3n) is 4.61. The summed E-state index contributed by atoms with van der Waals surface area (Å²) in [5.41, 5.74) is 0.949. The van der Waals surface area contributed by atoms with E-state index in [1.54, 1.807) is 36.4 Å². The lowest BCUT2D eigenvalue weighted by molar-refractivity contribution is -0.305. The molecule has 4 rings (SSSR count). The van der Waals surface area contributed by atoms with Gasteiger partial charge >= 0.3 is 5.97 Å². The minimum Gasteiger partial charge on any atom is -0.550 e. The van der Waals surface area contributed by atoms with Crippen molar-refractivity contribution in [3.8, 4) is 5.75 Å². The van der Waals surface area contributed by atoms with Gasteiger partial charge in [-0.1, -0.05) is 60.3 Å². The third kappa shape index (κ3) is 4.84. The minimum atomic E-state index is -1.32. The maximum Gasteiger partial charge on any atom is 0.344 e. The van der Waals surface area contributed by atoms with Crippen LogP contribution in [0.1, 0.15) is 22.3 Å². The Labute approximate surface area is 187 Å². The van der Waals surface area contributed by atoms with Crippen molar-refractivity contribution in [2.45, 2.75) is 11.7 Å². The van der Waals surface area contributed by atoms with Crippen molar-refractivity contribution in [2.75, 3.05) is 0 Å². The molecule has 1 atom stereocenters. The van der Waals surface area contributed by atoms with E-state index in [1.165, 1.54) is 6.21 Å². The molecule has 1 fully saturated rings. The van der Waals surface area contributed by atoms with E-state index in [4.69, 9.17) is 4.74 Å². The Balaban J connectivity index is 1.50. The van der Waals surface area contributed by atoms with Crippen LogP contribution in [-0.2, 0) is 9.59 Å². The first-order valence-electron chi connectivity index (χ1n) is 9.58. The first kappa shape index (κ1) is 21.3. The number of nitrogens with zero attached hydrogens (tertiary/aromatic N) is 2. The lowest BCUT2D eigenvalue weighted by Gasteiger charge is -2.09.